The summed E-state index contributed by atoms with van der Waals surface area (Å²) in [4.78, 5) is 25.5. The molecule has 3 N–H and O–H groups in total. The Morgan fingerprint density at radius 3 is 2.62 bits per heavy atom. The highest BCUT2D eigenvalue weighted by molar-refractivity contribution is 5.78. The molecule has 0 saturated carbocycles. The molecule has 2 saturated heterocycles. The first-order chi connectivity index (χ1) is 10.0. The van der Waals surface area contributed by atoms with Crippen molar-refractivity contribution in [3.63, 3.8) is 0 Å². The normalized spacial score (nSPS) is 25.5. The Morgan fingerprint density at radius 2 is 2.05 bits per heavy atom. The molecule has 2 rings (SSSR count). The second kappa shape index (κ2) is 7.09. The molecule has 7 nitrogen and oxygen atoms in total. The van der Waals surface area contributed by atoms with Crippen molar-refractivity contribution in [1.29, 1.82) is 0 Å². The fraction of sp³-hybridized carbons (Fsp3) is 0.857. The minimum absolute atomic E-state index is 0.155. The van der Waals surface area contributed by atoms with Crippen LogP contribution in [0.15, 0.2) is 0 Å². The zero-order valence-electron chi connectivity index (χ0n) is 12.6. The lowest BCUT2D eigenvalue weighted by Crippen LogP contribution is -2.49. The Morgan fingerprint density at radius 1 is 1.33 bits per heavy atom. The van der Waals surface area contributed by atoms with Crippen molar-refractivity contribution in [2.24, 2.45) is 11.3 Å². The summed E-state index contributed by atoms with van der Waals surface area (Å²) in [7, 11) is 2.07. The van der Waals surface area contributed by atoms with Crippen molar-refractivity contribution in [3.8, 4) is 0 Å². The lowest BCUT2D eigenvalue weighted by molar-refractivity contribution is -0.154. The molecular formula is C14H25N3O4. The van der Waals surface area contributed by atoms with Crippen LogP contribution in [0.5, 0.6) is 0 Å². The minimum Gasteiger partial charge on any atom is -0.481 e. The number of likely N-dealkylation sites (tertiary alicyclic amines) is 1. The molecule has 2 fully saturated rings. The molecule has 21 heavy (non-hydrogen) atoms. The van der Waals surface area contributed by atoms with Crippen LogP contribution in [0.3, 0.4) is 0 Å². The first-order valence-corrected chi connectivity index (χ1v) is 7.53. The molecule has 0 aliphatic carbocycles. The van der Waals surface area contributed by atoms with E-state index in [2.05, 4.69) is 22.6 Å². The van der Waals surface area contributed by atoms with Gasteiger partial charge < -0.3 is 25.4 Å². The summed E-state index contributed by atoms with van der Waals surface area (Å²) in [5.74, 6) is -0.374. The van der Waals surface area contributed by atoms with Gasteiger partial charge in [0, 0.05) is 32.8 Å². The number of nitrogens with zero attached hydrogens (tertiary/aromatic N) is 1. The van der Waals surface area contributed by atoms with E-state index >= 15 is 0 Å². The van der Waals surface area contributed by atoms with Gasteiger partial charge in [0.2, 0.25) is 0 Å². The van der Waals surface area contributed by atoms with Crippen molar-refractivity contribution in [1.82, 2.24) is 15.5 Å². The number of hydrogen-bond acceptors (Lipinski definition) is 4. The smallest absolute Gasteiger partial charge is 0.314 e. The molecule has 0 bridgehead atoms. The molecule has 0 aromatic rings. The SMILES string of the molecule is CN1CCC(CNC(=O)NCC2(C(=O)O)CCOCC2)C1. The molecule has 120 valence electrons. The standard InChI is InChI=1S/C14H25N3O4/c1-17-5-2-11(9-17)8-15-13(20)16-10-14(12(18)19)3-6-21-7-4-14/h11H,2-10H2,1H3,(H,18,19)(H2,15,16,20). The topological polar surface area (TPSA) is 90.9 Å². The van der Waals surface area contributed by atoms with E-state index in [1.165, 1.54) is 0 Å². The maximum atomic E-state index is 11.8. The number of carbonyl (C=O) groups excluding carboxylic acids is 1. The van der Waals surface area contributed by atoms with Crippen molar-refractivity contribution < 1.29 is 19.4 Å². The number of amides is 2. The monoisotopic (exact) mass is 299 g/mol. The van der Waals surface area contributed by atoms with E-state index < -0.39 is 11.4 Å². The van der Waals surface area contributed by atoms with Crippen LogP contribution in [0.25, 0.3) is 0 Å². The van der Waals surface area contributed by atoms with Crippen molar-refractivity contribution >= 4 is 12.0 Å². The van der Waals surface area contributed by atoms with Gasteiger partial charge in [0.25, 0.3) is 0 Å². The molecule has 2 aliphatic rings. The number of carbonyl (C=O) groups is 2. The molecule has 2 aliphatic heterocycles. The van der Waals surface area contributed by atoms with Crippen LogP contribution in [0.2, 0.25) is 0 Å². The van der Waals surface area contributed by atoms with E-state index in [1.807, 2.05) is 0 Å². The molecule has 2 amide bonds. The molecule has 7 heteroatoms. The number of nitrogens with one attached hydrogen (secondary N) is 2. The van der Waals surface area contributed by atoms with Gasteiger partial charge in [-0.25, -0.2) is 4.79 Å². The summed E-state index contributed by atoms with van der Waals surface area (Å²) in [5, 5.41) is 15.0. The van der Waals surface area contributed by atoms with Crippen LogP contribution in [0.1, 0.15) is 19.3 Å². The van der Waals surface area contributed by atoms with Crippen LogP contribution in [0.4, 0.5) is 4.79 Å². The van der Waals surface area contributed by atoms with E-state index in [4.69, 9.17) is 4.74 Å². The molecule has 0 aromatic heterocycles. The molecule has 2 heterocycles. The Kier molecular flexibility index (Phi) is 5.41. The maximum Gasteiger partial charge on any atom is 0.314 e. The Hall–Kier alpha value is -1.34. The van der Waals surface area contributed by atoms with Gasteiger partial charge in [0.05, 0.1) is 5.41 Å². The highest BCUT2D eigenvalue weighted by Gasteiger charge is 2.40. The molecule has 0 aromatic carbocycles. The zero-order chi connectivity index (χ0) is 15.3. The van der Waals surface area contributed by atoms with Gasteiger partial charge in [-0.3, -0.25) is 4.79 Å². The predicted molar refractivity (Wildman–Crippen MR) is 77.1 cm³/mol. The Labute approximate surface area is 125 Å². The summed E-state index contributed by atoms with van der Waals surface area (Å²) in [6, 6.07) is -0.281. The van der Waals surface area contributed by atoms with Crippen molar-refractivity contribution in [2.45, 2.75) is 19.3 Å². The number of aliphatic carboxylic acids is 1. The summed E-state index contributed by atoms with van der Waals surface area (Å²) >= 11 is 0. The maximum absolute atomic E-state index is 11.8. The summed E-state index contributed by atoms with van der Waals surface area (Å²) in [6.45, 7) is 3.72. The number of carboxylic acid groups (broad SMARTS) is 1. The Balaban J connectivity index is 1.73. The number of ether oxygens (including phenoxy) is 1. The molecule has 1 unspecified atom stereocenters. The number of urea groups is 1. The molecule has 1 atom stereocenters. The predicted octanol–water partition coefficient (Wildman–Crippen LogP) is 0.119. The van der Waals surface area contributed by atoms with E-state index in [0.717, 1.165) is 19.5 Å². The van der Waals surface area contributed by atoms with Crippen molar-refractivity contribution in [2.75, 3.05) is 46.4 Å². The second-order valence-corrected chi connectivity index (χ2v) is 6.18. The van der Waals surface area contributed by atoms with Gasteiger partial charge in [-0.15, -0.1) is 0 Å². The summed E-state index contributed by atoms with van der Waals surface area (Å²) in [6.07, 6.45) is 1.97. The number of carboxylic acids is 1. The average Bonchev–Trinajstić information content (AvgIpc) is 2.89. The molecule has 0 spiro atoms. The van der Waals surface area contributed by atoms with Crippen LogP contribution in [-0.2, 0) is 9.53 Å². The van der Waals surface area contributed by atoms with Crippen LogP contribution in [0, 0.1) is 11.3 Å². The van der Waals surface area contributed by atoms with Gasteiger partial charge in [0.15, 0.2) is 0 Å². The second-order valence-electron chi connectivity index (χ2n) is 6.18. The van der Waals surface area contributed by atoms with Crippen LogP contribution in [-0.4, -0.2) is 68.4 Å². The average molecular weight is 299 g/mol. The van der Waals surface area contributed by atoms with E-state index in [1.54, 1.807) is 0 Å². The number of hydrogen-bond donors (Lipinski definition) is 3. The fourth-order valence-corrected chi connectivity index (χ4v) is 2.97. The highest BCUT2D eigenvalue weighted by atomic mass is 16.5. The van der Waals surface area contributed by atoms with Crippen LogP contribution >= 0.6 is 0 Å². The van der Waals surface area contributed by atoms with Gasteiger partial charge in [-0.05, 0) is 38.8 Å². The lowest BCUT2D eigenvalue weighted by Gasteiger charge is -2.33. The van der Waals surface area contributed by atoms with Gasteiger partial charge in [-0.1, -0.05) is 0 Å². The summed E-state index contributed by atoms with van der Waals surface area (Å²) in [5.41, 5.74) is -0.886. The van der Waals surface area contributed by atoms with Gasteiger partial charge >= 0.3 is 12.0 Å². The Bertz CT molecular complexity index is 382. The highest BCUT2D eigenvalue weighted by Crippen LogP contribution is 2.30. The fourth-order valence-electron chi connectivity index (χ4n) is 2.97. The molecule has 0 radical (unpaired) electrons. The summed E-state index contributed by atoms with van der Waals surface area (Å²) < 4.78 is 5.21. The van der Waals surface area contributed by atoms with Gasteiger partial charge in [0.1, 0.15) is 0 Å². The van der Waals surface area contributed by atoms with E-state index in [9.17, 15) is 14.7 Å². The third-order valence-corrected chi connectivity index (χ3v) is 4.53. The van der Waals surface area contributed by atoms with E-state index in [-0.39, 0.29) is 12.6 Å². The van der Waals surface area contributed by atoms with Crippen LogP contribution < -0.4 is 10.6 Å². The minimum atomic E-state index is -0.886. The largest absolute Gasteiger partial charge is 0.481 e. The quantitative estimate of drug-likeness (QED) is 0.671. The first-order valence-electron chi connectivity index (χ1n) is 7.53. The van der Waals surface area contributed by atoms with Crippen molar-refractivity contribution in [3.05, 3.63) is 0 Å². The van der Waals surface area contributed by atoms with Gasteiger partial charge in [-0.2, -0.15) is 0 Å². The first kappa shape index (κ1) is 16.0. The zero-order valence-corrected chi connectivity index (χ0v) is 12.6. The third kappa shape index (κ3) is 4.31. The van der Waals surface area contributed by atoms with E-state index in [0.29, 0.717) is 38.5 Å². The third-order valence-electron chi connectivity index (χ3n) is 4.53. The molecular weight excluding hydrogens is 274 g/mol. The number of rotatable bonds is 5. The lowest BCUT2D eigenvalue weighted by atomic mass is 9.80.